The van der Waals surface area contributed by atoms with Crippen LogP contribution in [0.5, 0.6) is 0 Å². The minimum Gasteiger partial charge on any atom is -0.383 e. The Balaban J connectivity index is 1.14. The van der Waals surface area contributed by atoms with E-state index >= 15 is 0 Å². The highest BCUT2D eigenvalue weighted by molar-refractivity contribution is 6.09. The molecule has 0 spiro atoms. The minimum absolute atomic E-state index is 0.0202. The Morgan fingerprint density at radius 1 is 0.589 bits per heavy atom. The van der Waals surface area contributed by atoms with Gasteiger partial charge in [-0.25, -0.2) is 4.99 Å². The molecule has 1 aliphatic rings. The normalized spacial score (nSPS) is 14.8. The summed E-state index contributed by atoms with van der Waals surface area (Å²) in [5.41, 5.74) is 22.2. The molecule has 1 aromatic heterocycles. The van der Waals surface area contributed by atoms with Crippen LogP contribution in [0.4, 0.5) is 0 Å². The van der Waals surface area contributed by atoms with E-state index in [9.17, 15) is 0 Å². The molecule has 0 atom stereocenters. The third-order valence-electron chi connectivity index (χ3n) is 11.7. The molecule has 1 aliphatic carbocycles. The van der Waals surface area contributed by atoms with Gasteiger partial charge in [0.2, 0.25) is 0 Å². The van der Waals surface area contributed by atoms with Crippen molar-refractivity contribution in [3.63, 3.8) is 0 Å². The maximum Gasteiger partial charge on any atom is 0.131 e. The monoisotopic (exact) mass is 723 g/mol. The first kappa shape index (κ1) is 35.0. The number of para-hydroxylation sites is 2. The molecule has 272 valence electrons. The van der Waals surface area contributed by atoms with Crippen LogP contribution in [0, 0.1) is 0 Å². The van der Waals surface area contributed by atoms with Gasteiger partial charge in [0, 0.05) is 27.4 Å². The molecule has 3 heteroatoms. The standard InChI is InChI=1S/C53H45N3/c1-35(38-28-30-40(31-29-38)56-50-24-14-11-21-44(50)45-22-12-15-25-51(45)56)41-18-8-9-19-42(41)36(2)49(55-52(54)39-16-6-5-7-17-39)33-27-37-26-32-48-46(34-37)43-20-10-13-23-47(43)53(48,3)4/h5-26,28-34H,27H2,1-4H3,(H2,54,55)/b41-35+,42-36?,49-33-. The van der Waals surface area contributed by atoms with E-state index in [0.29, 0.717) is 5.84 Å². The molecule has 8 aromatic rings. The number of nitrogens with two attached hydrogens (primary N) is 1. The molecule has 9 rings (SSSR count). The Bertz CT molecular complexity index is 2920. The molecule has 0 fully saturated rings. The van der Waals surface area contributed by atoms with Crippen molar-refractivity contribution < 1.29 is 0 Å². The van der Waals surface area contributed by atoms with Crippen LogP contribution >= 0.6 is 0 Å². The number of hydrogen-bond acceptors (Lipinski definition) is 1. The zero-order chi connectivity index (χ0) is 38.4. The van der Waals surface area contributed by atoms with Gasteiger partial charge in [-0.15, -0.1) is 0 Å². The van der Waals surface area contributed by atoms with E-state index in [2.05, 4.69) is 178 Å². The summed E-state index contributed by atoms with van der Waals surface area (Å²) < 4.78 is 2.36. The van der Waals surface area contributed by atoms with E-state index in [4.69, 9.17) is 10.7 Å². The highest BCUT2D eigenvalue weighted by atomic mass is 15.0. The number of benzene rings is 7. The second-order valence-electron chi connectivity index (χ2n) is 15.4. The summed E-state index contributed by atoms with van der Waals surface area (Å²) in [4.78, 5) is 5.14. The van der Waals surface area contributed by atoms with E-state index in [1.165, 1.54) is 66.0 Å². The van der Waals surface area contributed by atoms with Crippen LogP contribution in [0.2, 0.25) is 0 Å². The Hall–Kier alpha value is -6.71. The van der Waals surface area contributed by atoms with Crippen LogP contribution in [0.25, 0.3) is 49.8 Å². The Kier molecular flexibility index (Phi) is 8.86. The molecule has 3 nitrogen and oxygen atoms in total. The van der Waals surface area contributed by atoms with Gasteiger partial charge in [-0.3, -0.25) is 0 Å². The molecule has 1 heterocycles. The zero-order valence-corrected chi connectivity index (χ0v) is 32.4. The van der Waals surface area contributed by atoms with Gasteiger partial charge in [0.25, 0.3) is 0 Å². The van der Waals surface area contributed by atoms with Crippen molar-refractivity contribution in [1.29, 1.82) is 0 Å². The molecule has 56 heavy (non-hydrogen) atoms. The van der Waals surface area contributed by atoms with E-state index < -0.39 is 0 Å². The van der Waals surface area contributed by atoms with Gasteiger partial charge >= 0.3 is 0 Å². The largest absolute Gasteiger partial charge is 0.383 e. The summed E-state index contributed by atoms with van der Waals surface area (Å²) in [7, 11) is 0. The zero-order valence-electron chi connectivity index (χ0n) is 32.4. The second-order valence-corrected chi connectivity index (χ2v) is 15.4. The van der Waals surface area contributed by atoms with Crippen molar-refractivity contribution >= 4 is 38.8 Å². The fourth-order valence-corrected chi connectivity index (χ4v) is 8.69. The van der Waals surface area contributed by atoms with Crippen molar-refractivity contribution in [2.24, 2.45) is 10.7 Å². The van der Waals surface area contributed by atoms with Crippen molar-refractivity contribution in [2.45, 2.75) is 39.5 Å². The number of allylic oxidation sites excluding steroid dienone is 2. The van der Waals surface area contributed by atoms with Crippen molar-refractivity contribution in [2.75, 3.05) is 0 Å². The quantitative estimate of drug-likeness (QED) is 0.129. The number of hydrogen-bond donors (Lipinski definition) is 1. The van der Waals surface area contributed by atoms with Crippen LogP contribution in [-0.2, 0) is 11.8 Å². The summed E-state index contributed by atoms with van der Waals surface area (Å²) in [5, 5.41) is 4.83. The number of nitrogens with zero attached hydrogens (tertiary/aromatic N) is 2. The van der Waals surface area contributed by atoms with Gasteiger partial charge < -0.3 is 10.3 Å². The maximum atomic E-state index is 6.74. The van der Waals surface area contributed by atoms with Crippen LogP contribution in [-0.4, -0.2) is 10.4 Å². The molecule has 0 aliphatic heterocycles. The third kappa shape index (κ3) is 6.06. The second kappa shape index (κ2) is 14.2. The average Bonchev–Trinajstić information content (AvgIpc) is 3.70. The first-order valence-corrected chi connectivity index (χ1v) is 19.5. The molecule has 0 saturated carbocycles. The van der Waals surface area contributed by atoms with E-state index in [1.807, 2.05) is 30.3 Å². The maximum absolute atomic E-state index is 6.74. The molecule has 0 unspecified atom stereocenters. The van der Waals surface area contributed by atoms with Gasteiger partial charge in [-0.05, 0) is 99.5 Å². The third-order valence-corrected chi connectivity index (χ3v) is 11.7. The summed E-state index contributed by atoms with van der Waals surface area (Å²) in [6.07, 6.45) is 2.97. The van der Waals surface area contributed by atoms with Crippen LogP contribution in [0.3, 0.4) is 0 Å². The molecule has 0 saturated heterocycles. The number of fused-ring (bicyclic) bond motifs is 6. The fourth-order valence-electron chi connectivity index (χ4n) is 8.69. The lowest BCUT2D eigenvalue weighted by molar-refractivity contribution is 0.660. The smallest absolute Gasteiger partial charge is 0.131 e. The van der Waals surface area contributed by atoms with E-state index in [-0.39, 0.29) is 5.41 Å². The number of aromatic nitrogens is 1. The van der Waals surface area contributed by atoms with Crippen molar-refractivity contribution in [3.8, 4) is 16.8 Å². The van der Waals surface area contributed by atoms with Gasteiger partial charge in [0.05, 0.1) is 16.7 Å². The molecular weight excluding hydrogens is 679 g/mol. The summed E-state index contributed by atoms with van der Waals surface area (Å²) in [6, 6.07) is 60.7. The van der Waals surface area contributed by atoms with Gasteiger partial charge in [0.15, 0.2) is 0 Å². The van der Waals surface area contributed by atoms with E-state index in [1.54, 1.807) is 0 Å². The van der Waals surface area contributed by atoms with Crippen LogP contribution in [0.15, 0.2) is 187 Å². The topological polar surface area (TPSA) is 43.3 Å². The SMILES string of the molecule is CC(C(=C/Cc1ccc2c(c1)-c1ccccc1C2(C)C)/N=C(\N)c1ccccc1)=c1cccc/c1=C(/C)c1ccc(-n2c3ccccc3c3ccccc32)cc1. The first-order valence-electron chi connectivity index (χ1n) is 19.5. The average molecular weight is 724 g/mol. The number of rotatable bonds is 7. The molecule has 0 amide bonds. The lowest BCUT2D eigenvalue weighted by atomic mass is 9.82. The molecule has 0 bridgehead atoms. The van der Waals surface area contributed by atoms with E-state index in [0.717, 1.165) is 34.2 Å². The lowest BCUT2D eigenvalue weighted by Gasteiger charge is -2.21. The highest BCUT2D eigenvalue weighted by Gasteiger charge is 2.34. The molecule has 0 radical (unpaired) electrons. The predicted octanol–water partition coefficient (Wildman–Crippen LogP) is 11.0. The molecule has 7 aromatic carbocycles. The fraction of sp³-hybridized carbons (Fsp3) is 0.113. The molecule has 2 N–H and O–H groups in total. The molecular formula is C53H45N3. The van der Waals surface area contributed by atoms with Crippen LogP contribution in [0.1, 0.15) is 55.5 Å². The summed E-state index contributed by atoms with van der Waals surface area (Å²) >= 11 is 0. The highest BCUT2D eigenvalue weighted by Crippen LogP contribution is 2.48. The van der Waals surface area contributed by atoms with Crippen molar-refractivity contribution in [1.82, 2.24) is 4.57 Å². The van der Waals surface area contributed by atoms with Crippen molar-refractivity contribution in [3.05, 3.63) is 220 Å². The van der Waals surface area contributed by atoms with Gasteiger partial charge in [-0.1, -0.05) is 166 Å². The summed E-state index contributed by atoms with van der Waals surface area (Å²) in [5.74, 6) is 0.500. The lowest BCUT2D eigenvalue weighted by Crippen LogP contribution is -2.29. The summed E-state index contributed by atoms with van der Waals surface area (Å²) in [6.45, 7) is 9.04. The predicted molar refractivity (Wildman–Crippen MR) is 237 cm³/mol. The number of aliphatic imine (C=N–C) groups is 1. The Morgan fingerprint density at radius 3 is 1.89 bits per heavy atom. The minimum atomic E-state index is -0.0202. The van der Waals surface area contributed by atoms with Gasteiger partial charge in [0.1, 0.15) is 5.84 Å². The first-order chi connectivity index (χ1) is 27.3. The van der Waals surface area contributed by atoms with Crippen LogP contribution < -0.4 is 16.2 Å². The number of amidine groups is 1. The van der Waals surface area contributed by atoms with Gasteiger partial charge in [-0.2, -0.15) is 0 Å². The Labute approximate surface area is 329 Å². The Morgan fingerprint density at radius 2 is 1.18 bits per heavy atom.